The molecule has 0 aromatic carbocycles. The molecular formula is C17H19ClF3N5O. The summed E-state index contributed by atoms with van der Waals surface area (Å²) < 4.78 is 43.0. The van der Waals surface area contributed by atoms with Crippen LogP contribution in [0, 0.1) is 0 Å². The third-order valence-corrected chi connectivity index (χ3v) is 3.66. The molecule has 6 nitrogen and oxygen atoms in total. The van der Waals surface area contributed by atoms with Gasteiger partial charge in [0.25, 0.3) is 0 Å². The zero-order valence-corrected chi connectivity index (χ0v) is 15.3. The van der Waals surface area contributed by atoms with Gasteiger partial charge in [0, 0.05) is 38.1 Å². The number of hydrogen-bond acceptors (Lipinski definition) is 4. The fraction of sp³-hybridized carbons (Fsp3) is 0.353. The number of ether oxygens (including phenoxy) is 1. The molecule has 2 heterocycles. The Kier molecular flexibility index (Phi) is 7.66. The Morgan fingerprint density at radius 3 is 2.63 bits per heavy atom. The number of guanidine groups is 1. The second kappa shape index (κ2) is 9.96. The highest BCUT2D eigenvalue weighted by Gasteiger charge is 2.31. The van der Waals surface area contributed by atoms with Gasteiger partial charge >= 0.3 is 6.18 Å². The Hall–Kier alpha value is -2.55. The van der Waals surface area contributed by atoms with Crippen LogP contribution < -0.4 is 15.4 Å². The predicted molar refractivity (Wildman–Crippen MR) is 97.0 cm³/mol. The highest BCUT2D eigenvalue weighted by molar-refractivity contribution is 6.31. The maximum atomic E-state index is 12.6. The number of nitrogens with zero attached hydrogens (tertiary/aromatic N) is 3. The molecule has 146 valence electrons. The fourth-order valence-corrected chi connectivity index (χ4v) is 2.30. The van der Waals surface area contributed by atoms with E-state index in [-0.39, 0.29) is 17.5 Å². The van der Waals surface area contributed by atoms with Crippen molar-refractivity contribution in [2.45, 2.75) is 12.6 Å². The van der Waals surface area contributed by atoms with Gasteiger partial charge in [0.05, 0.1) is 12.1 Å². The number of halogens is 4. The molecule has 0 saturated heterocycles. The number of rotatable bonds is 7. The third-order valence-electron chi connectivity index (χ3n) is 3.39. The van der Waals surface area contributed by atoms with E-state index in [1.165, 1.54) is 0 Å². The molecule has 2 aromatic rings. The highest BCUT2D eigenvalue weighted by Crippen LogP contribution is 2.32. The van der Waals surface area contributed by atoms with Crippen LogP contribution in [0.1, 0.15) is 11.3 Å². The SMILES string of the molecule is CN=C(NCCOc1ncc(C(F)(F)F)cc1Cl)NCCc1ccccn1. The van der Waals surface area contributed by atoms with Crippen LogP contribution in [0.4, 0.5) is 13.2 Å². The summed E-state index contributed by atoms with van der Waals surface area (Å²) in [4.78, 5) is 11.9. The van der Waals surface area contributed by atoms with Crippen LogP contribution >= 0.6 is 11.6 Å². The second-order valence-corrected chi connectivity index (χ2v) is 5.76. The summed E-state index contributed by atoms with van der Waals surface area (Å²) in [6.45, 7) is 1.16. The van der Waals surface area contributed by atoms with Gasteiger partial charge in [-0.3, -0.25) is 9.98 Å². The molecule has 0 unspecified atom stereocenters. The molecule has 0 bridgehead atoms. The summed E-state index contributed by atoms with van der Waals surface area (Å²) in [5.41, 5.74) is 0.0438. The van der Waals surface area contributed by atoms with E-state index in [0.717, 1.165) is 18.2 Å². The van der Waals surface area contributed by atoms with Crippen molar-refractivity contribution < 1.29 is 17.9 Å². The molecule has 0 fully saturated rings. The Morgan fingerprint density at radius 1 is 1.22 bits per heavy atom. The van der Waals surface area contributed by atoms with E-state index in [4.69, 9.17) is 16.3 Å². The number of hydrogen-bond donors (Lipinski definition) is 2. The number of nitrogens with one attached hydrogen (secondary N) is 2. The molecule has 0 radical (unpaired) electrons. The molecule has 0 aliphatic carbocycles. The predicted octanol–water partition coefficient (Wildman–Crippen LogP) is 2.94. The summed E-state index contributed by atoms with van der Waals surface area (Å²) in [7, 11) is 1.63. The number of aliphatic imine (C=N–C) groups is 1. The topological polar surface area (TPSA) is 71.4 Å². The fourth-order valence-electron chi connectivity index (χ4n) is 2.08. The van der Waals surface area contributed by atoms with Gasteiger partial charge in [-0.2, -0.15) is 13.2 Å². The van der Waals surface area contributed by atoms with Gasteiger partial charge < -0.3 is 15.4 Å². The largest absolute Gasteiger partial charge is 0.475 e. The normalized spacial score (nSPS) is 12.0. The molecule has 0 amide bonds. The summed E-state index contributed by atoms with van der Waals surface area (Å²) in [6, 6.07) is 6.50. The molecule has 2 aromatic heterocycles. The van der Waals surface area contributed by atoms with Gasteiger partial charge in [0.15, 0.2) is 5.96 Å². The zero-order chi connectivity index (χ0) is 19.7. The van der Waals surface area contributed by atoms with Crippen molar-refractivity contribution in [2.24, 2.45) is 4.99 Å². The molecule has 0 saturated carbocycles. The van der Waals surface area contributed by atoms with Crippen LogP contribution in [0.5, 0.6) is 5.88 Å². The minimum atomic E-state index is -4.50. The third kappa shape index (κ3) is 6.93. The Bertz CT molecular complexity index is 756. The first kappa shape index (κ1) is 20.8. The van der Waals surface area contributed by atoms with Crippen LogP contribution in [-0.4, -0.2) is 42.7 Å². The van der Waals surface area contributed by atoms with Gasteiger partial charge in [-0.1, -0.05) is 17.7 Å². The van der Waals surface area contributed by atoms with E-state index in [0.29, 0.717) is 25.2 Å². The molecule has 0 aliphatic rings. The van der Waals surface area contributed by atoms with Gasteiger partial charge in [0.2, 0.25) is 5.88 Å². The van der Waals surface area contributed by atoms with Gasteiger partial charge in [0.1, 0.15) is 11.6 Å². The first-order valence-electron chi connectivity index (χ1n) is 8.10. The number of pyridine rings is 2. The van der Waals surface area contributed by atoms with Crippen molar-refractivity contribution in [1.82, 2.24) is 20.6 Å². The molecule has 2 N–H and O–H groups in total. The Balaban J connectivity index is 1.72. The average Bonchev–Trinajstić information content (AvgIpc) is 2.64. The maximum Gasteiger partial charge on any atom is 0.417 e. The van der Waals surface area contributed by atoms with E-state index >= 15 is 0 Å². The van der Waals surface area contributed by atoms with E-state index < -0.39 is 11.7 Å². The van der Waals surface area contributed by atoms with Crippen LogP contribution in [0.25, 0.3) is 0 Å². The van der Waals surface area contributed by atoms with Crippen LogP contribution in [0.2, 0.25) is 5.02 Å². The summed E-state index contributed by atoms with van der Waals surface area (Å²) in [5.74, 6) is 0.519. The Morgan fingerprint density at radius 2 is 2.00 bits per heavy atom. The quantitative estimate of drug-likeness (QED) is 0.424. The first-order valence-corrected chi connectivity index (χ1v) is 8.48. The Labute approximate surface area is 159 Å². The van der Waals surface area contributed by atoms with Crippen LogP contribution in [0.3, 0.4) is 0 Å². The monoisotopic (exact) mass is 401 g/mol. The lowest BCUT2D eigenvalue weighted by Gasteiger charge is -2.13. The standard InChI is InChI=1S/C17H19ClF3N5O/c1-22-16(24-7-5-13-4-2-3-6-23-13)25-8-9-27-15-14(18)10-12(11-26-15)17(19,20)21/h2-4,6,10-11H,5,7-9H2,1H3,(H2,22,24,25). The van der Waals surface area contributed by atoms with Crippen molar-refractivity contribution in [3.8, 4) is 5.88 Å². The molecular weight excluding hydrogens is 383 g/mol. The molecule has 0 aliphatic heterocycles. The van der Waals surface area contributed by atoms with Crippen molar-refractivity contribution in [3.05, 3.63) is 52.9 Å². The van der Waals surface area contributed by atoms with Gasteiger partial charge in [-0.25, -0.2) is 4.98 Å². The molecule has 0 atom stereocenters. The molecule has 2 rings (SSSR count). The first-order chi connectivity index (χ1) is 12.9. The lowest BCUT2D eigenvalue weighted by Crippen LogP contribution is -2.40. The number of alkyl halides is 3. The minimum absolute atomic E-state index is 0.0513. The van der Waals surface area contributed by atoms with Crippen molar-refractivity contribution in [3.63, 3.8) is 0 Å². The minimum Gasteiger partial charge on any atom is -0.475 e. The van der Waals surface area contributed by atoms with E-state index in [1.54, 1.807) is 13.2 Å². The lowest BCUT2D eigenvalue weighted by molar-refractivity contribution is -0.137. The average molecular weight is 402 g/mol. The number of aromatic nitrogens is 2. The lowest BCUT2D eigenvalue weighted by atomic mass is 10.3. The molecule has 10 heteroatoms. The molecule has 0 spiro atoms. The second-order valence-electron chi connectivity index (χ2n) is 5.35. The van der Waals surface area contributed by atoms with Gasteiger partial charge in [-0.15, -0.1) is 0 Å². The maximum absolute atomic E-state index is 12.6. The summed E-state index contributed by atoms with van der Waals surface area (Å²) in [6.07, 6.45) is -1.33. The van der Waals surface area contributed by atoms with Gasteiger partial charge in [-0.05, 0) is 18.2 Å². The van der Waals surface area contributed by atoms with E-state index in [2.05, 4.69) is 25.6 Å². The molecule has 27 heavy (non-hydrogen) atoms. The van der Waals surface area contributed by atoms with Crippen molar-refractivity contribution >= 4 is 17.6 Å². The highest BCUT2D eigenvalue weighted by atomic mass is 35.5. The summed E-state index contributed by atoms with van der Waals surface area (Å²) >= 11 is 5.78. The van der Waals surface area contributed by atoms with E-state index in [9.17, 15) is 13.2 Å². The van der Waals surface area contributed by atoms with Crippen molar-refractivity contribution in [1.29, 1.82) is 0 Å². The zero-order valence-electron chi connectivity index (χ0n) is 14.6. The smallest absolute Gasteiger partial charge is 0.417 e. The van der Waals surface area contributed by atoms with Crippen LogP contribution in [-0.2, 0) is 12.6 Å². The summed E-state index contributed by atoms with van der Waals surface area (Å²) in [5, 5.41) is 5.96. The van der Waals surface area contributed by atoms with Crippen molar-refractivity contribution in [2.75, 3.05) is 26.7 Å². The van der Waals surface area contributed by atoms with Crippen LogP contribution in [0.15, 0.2) is 41.7 Å². The van der Waals surface area contributed by atoms with E-state index in [1.807, 2.05) is 18.2 Å².